The third-order valence-corrected chi connectivity index (χ3v) is 3.70. The van der Waals surface area contributed by atoms with Crippen molar-refractivity contribution in [2.45, 2.75) is 19.8 Å². The molecule has 0 aliphatic heterocycles. The molecular formula is C18H19N3O. The van der Waals surface area contributed by atoms with Crippen LogP contribution in [-0.2, 0) is 11.2 Å². The molecule has 1 aromatic carbocycles. The van der Waals surface area contributed by atoms with Gasteiger partial charge < -0.3 is 10.3 Å². The molecule has 3 aromatic rings. The summed E-state index contributed by atoms with van der Waals surface area (Å²) < 4.78 is 0. The zero-order valence-corrected chi connectivity index (χ0v) is 12.6. The van der Waals surface area contributed by atoms with E-state index < -0.39 is 0 Å². The lowest BCUT2D eigenvalue weighted by atomic mass is 10.0. The summed E-state index contributed by atoms with van der Waals surface area (Å²) in [6.45, 7) is 2.23. The standard InChI is InChI=1S/C18H19N3O/c1-13(22)19-9-4-5-15-11-14(8-10-20-15)17-12-21-18-7-3-2-6-16(17)18/h2-3,6-8,10-12,21H,4-5,9H2,1H3,(H,19,22). The topological polar surface area (TPSA) is 57.8 Å². The van der Waals surface area contributed by atoms with Crippen molar-refractivity contribution >= 4 is 16.8 Å². The van der Waals surface area contributed by atoms with Crippen LogP contribution in [0.15, 0.2) is 48.8 Å². The number of hydrogen-bond donors (Lipinski definition) is 2. The van der Waals surface area contributed by atoms with Gasteiger partial charge in [-0.1, -0.05) is 18.2 Å². The van der Waals surface area contributed by atoms with E-state index in [-0.39, 0.29) is 5.91 Å². The Hall–Kier alpha value is -2.62. The lowest BCUT2D eigenvalue weighted by Gasteiger charge is -2.05. The summed E-state index contributed by atoms with van der Waals surface area (Å²) in [6, 6.07) is 12.4. The number of carbonyl (C=O) groups excluding carboxylic acids is 1. The number of amides is 1. The van der Waals surface area contributed by atoms with Crippen LogP contribution in [0.2, 0.25) is 0 Å². The van der Waals surface area contributed by atoms with Crippen LogP contribution < -0.4 is 5.32 Å². The van der Waals surface area contributed by atoms with Crippen LogP contribution >= 0.6 is 0 Å². The third-order valence-electron chi connectivity index (χ3n) is 3.70. The molecule has 0 unspecified atom stereocenters. The number of carbonyl (C=O) groups is 1. The average molecular weight is 293 g/mol. The van der Waals surface area contributed by atoms with Gasteiger partial charge in [0.2, 0.25) is 5.91 Å². The summed E-state index contributed by atoms with van der Waals surface area (Å²) in [5.74, 6) is 0.0144. The van der Waals surface area contributed by atoms with Crippen molar-refractivity contribution < 1.29 is 4.79 Å². The average Bonchev–Trinajstić information content (AvgIpc) is 2.96. The number of benzene rings is 1. The van der Waals surface area contributed by atoms with E-state index >= 15 is 0 Å². The molecule has 0 spiro atoms. The van der Waals surface area contributed by atoms with Gasteiger partial charge in [0.25, 0.3) is 0 Å². The van der Waals surface area contributed by atoms with Gasteiger partial charge in [-0.2, -0.15) is 0 Å². The number of rotatable bonds is 5. The number of H-pyrrole nitrogens is 1. The van der Waals surface area contributed by atoms with Gasteiger partial charge in [-0.05, 0) is 36.6 Å². The van der Waals surface area contributed by atoms with E-state index in [1.807, 2.05) is 24.5 Å². The van der Waals surface area contributed by atoms with Crippen molar-refractivity contribution in [2.24, 2.45) is 0 Å². The van der Waals surface area contributed by atoms with E-state index in [0.717, 1.165) is 24.1 Å². The van der Waals surface area contributed by atoms with E-state index in [1.54, 1.807) is 0 Å². The molecule has 4 nitrogen and oxygen atoms in total. The fourth-order valence-electron chi connectivity index (χ4n) is 2.63. The molecule has 0 saturated carbocycles. The molecule has 1 amide bonds. The molecular weight excluding hydrogens is 274 g/mol. The first-order valence-corrected chi connectivity index (χ1v) is 7.50. The normalized spacial score (nSPS) is 10.8. The molecule has 0 radical (unpaired) electrons. The highest BCUT2D eigenvalue weighted by Gasteiger charge is 2.06. The minimum Gasteiger partial charge on any atom is -0.361 e. The van der Waals surface area contributed by atoms with Gasteiger partial charge in [-0.25, -0.2) is 0 Å². The lowest BCUT2D eigenvalue weighted by Crippen LogP contribution is -2.21. The smallest absolute Gasteiger partial charge is 0.216 e. The molecule has 4 heteroatoms. The highest BCUT2D eigenvalue weighted by Crippen LogP contribution is 2.28. The van der Waals surface area contributed by atoms with Crippen LogP contribution in [0.1, 0.15) is 19.0 Å². The summed E-state index contributed by atoms with van der Waals surface area (Å²) in [6.07, 6.45) is 5.65. The zero-order valence-electron chi connectivity index (χ0n) is 12.6. The third kappa shape index (κ3) is 3.17. The van der Waals surface area contributed by atoms with Crippen molar-refractivity contribution in [3.63, 3.8) is 0 Å². The maximum Gasteiger partial charge on any atom is 0.216 e. The van der Waals surface area contributed by atoms with Crippen molar-refractivity contribution in [2.75, 3.05) is 6.54 Å². The number of hydrogen-bond acceptors (Lipinski definition) is 2. The number of nitrogens with zero attached hydrogens (tertiary/aromatic N) is 1. The molecule has 0 fully saturated rings. The van der Waals surface area contributed by atoms with Gasteiger partial charge in [0.05, 0.1) is 0 Å². The summed E-state index contributed by atoms with van der Waals surface area (Å²) >= 11 is 0. The molecule has 0 atom stereocenters. The van der Waals surface area contributed by atoms with E-state index in [2.05, 4.69) is 39.6 Å². The molecule has 0 aliphatic rings. The Bertz CT molecular complexity index is 792. The van der Waals surface area contributed by atoms with Crippen molar-refractivity contribution in [3.05, 3.63) is 54.5 Å². The van der Waals surface area contributed by atoms with Crippen molar-refractivity contribution in [1.29, 1.82) is 0 Å². The van der Waals surface area contributed by atoms with Crippen LogP contribution in [0.3, 0.4) is 0 Å². The van der Waals surface area contributed by atoms with Gasteiger partial charge in [0.15, 0.2) is 0 Å². The molecule has 22 heavy (non-hydrogen) atoms. The Kier molecular flexibility index (Phi) is 4.19. The second-order valence-electron chi connectivity index (χ2n) is 5.37. The summed E-state index contributed by atoms with van der Waals surface area (Å²) in [7, 11) is 0. The van der Waals surface area contributed by atoms with Gasteiger partial charge in [-0.3, -0.25) is 9.78 Å². The second-order valence-corrected chi connectivity index (χ2v) is 5.37. The molecule has 3 rings (SSSR count). The van der Waals surface area contributed by atoms with Crippen LogP contribution in [0.25, 0.3) is 22.0 Å². The first kappa shape index (κ1) is 14.3. The van der Waals surface area contributed by atoms with E-state index in [4.69, 9.17) is 0 Å². The number of fused-ring (bicyclic) bond motifs is 1. The fourth-order valence-corrected chi connectivity index (χ4v) is 2.63. The molecule has 0 saturated heterocycles. The molecule has 0 bridgehead atoms. The van der Waals surface area contributed by atoms with Crippen LogP contribution in [0.5, 0.6) is 0 Å². The Labute approximate surface area is 129 Å². The number of nitrogens with one attached hydrogen (secondary N) is 2. The van der Waals surface area contributed by atoms with Gasteiger partial charge in [0, 0.05) is 48.0 Å². The first-order valence-electron chi connectivity index (χ1n) is 7.50. The van der Waals surface area contributed by atoms with Crippen LogP contribution in [0.4, 0.5) is 0 Å². The monoisotopic (exact) mass is 293 g/mol. The highest BCUT2D eigenvalue weighted by atomic mass is 16.1. The minimum atomic E-state index is 0.0144. The molecule has 2 heterocycles. The van der Waals surface area contributed by atoms with Crippen molar-refractivity contribution in [1.82, 2.24) is 15.3 Å². The number of aryl methyl sites for hydroxylation is 1. The van der Waals surface area contributed by atoms with E-state index in [9.17, 15) is 4.79 Å². The Balaban J connectivity index is 1.77. The van der Waals surface area contributed by atoms with E-state index in [1.165, 1.54) is 23.4 Å². The zero-order chi connectivity index (χ0) is 15.4. The fraction of sp³-hybridized carbons (Fsp3) is 0.222. The lowest BCUT2D eigenvalue weighted by molar-refractivity contribution is -0.118. The largest absolute Gasteiger partial charge is 0.361 e. The number of aromatic nitrogens is 2. The van der Waals surface area contributed by atoms with E-state index in [0.29, 0.717) is 6.54 Å². The summed E-state index contributed by atoms with van der Waals surface area (Å²) in [4.78, 5) is 18.6. The maximum absolute atomic E-state index is 10.9. The molecule has 112 valence electrons. The summed E-state index contributed by atoms with van der Waals surface area (Å²) in [5, 5.41) is 4.03. The van der Waals surface area contributed by atoms with Gasteiger partial charge >= 0.3 is 0 Å². The highest BCUT2D eigenvalue weighted by molar-refractivity contribution is 5.95. The Morgan fingerprint density at radius 2 is 2.14 bits per heavy atom. The first-order chi connectivity index (χ1) is 10.7. The Morgan fingerprint density at radius 1 is 1.27 bits per heavy atom. The minimum absolute atomic E-state index is 0.0144. The SMILES string of the molecule is CC(=O)NCCCc1cc(-c2c[nH]c3ccccc23)ccn1. The number of para-hydroxylation sites is 1. The number of pyridine rings is 1. The second kappa shape index (κ2) is 6.43. The quantitative estimate of drug-likeness (QED) is 0.709. The predicted molar refractivity (Wildman–Crippen MR) is 88.5 cm³/mol. The van der Waals surface area contributed by atoms with Gasteiger partial charge in [0.1, 0.15) is 0 Å². The Morgan fingerprint density at radius 3 is 3.00 bits per heavy atom. The maximum atomic E-state index is 10.9. The van der Waals surface area contributed by atoms with Crippen LogP contribution in [-0.4, -0.2) is 22.4 Å². The molecule has 2 N–H and O–H groups in total. The number of aromatic amines is 1. The molecule has 2 aromatic heterocycles. The van der Waals surface area contributed by atoms with Crippen LogP contribution in [0, 0.1) is 0 Å². The molecule has 0 aliphatic carbocycles. The predicted octanol–water partition coefficient (Wildman–Crippen LogP) is 3.30. The van der Waals surface area contributed by atoms with Gasteiger partial charge in [-0.15, -0.1) is 0 Å². The van der Waals surface area contributed by atoms with Crippen molar-refractivity contribution in [3.8, 4) is 11.1 Å². The summed E-state index contributed by atoms with van der Waals surface area (Å²) in [5.41, 5.74) is 4.55.